The molecule has 7 heteroatoms. The molecular weight excluding hydrogens is 281 g/mol. The number of hydrogen-bond acceptors (Lipinski definition) is 3. The minimum atomic E-state index is -3.79. The van der Waals surface area contributed by atoms with Crippen LogP contribution < -0.4 is 5.73 Å². The second kappa shape index (κ2) is 6.32. The van der Waals surface area contributed by atoms with E-state index in [1.165, 1.54) is 12.1 Å². The molecule has 0 atom stereocenters. The maximum Gasteiger partial charge on any atom is 0.244 e. The summed E-state index contributed by atoms with van der Waals surface area (Å²) in [5.41, 5.74) is 6.02. The predicted molar refractivity (Wildman–Crippen MR) is 76.8 cm³/mol. The van der Waals surface area contributed by atoms with E-state index >= 15 is 0 Å². The van der Waals surface area contributed by atoms with Crippen molar-refractivity contribution in [2.24, 2.45) is 5.73 Å². The van der Waals surface area contributed by atoms with Gasteiger partial charge in [0.05, 0.1) is 11.4 Å². The summed E-state index contributed by atoms with van der Waals surface area (Å²) in [6.07, 6.45) is 0.603. The third kappa shape index (κ3) is 3.55. The Morgan fingerprint density at radius 2 is 1.85 bits per heavy atom. The number of amidine groups is 1. The second-order valence-electron chi connectivity index (χ2n) is 4.73. The first-order valence-electron chi connectivity index (χ1n) is 6.30. The number of sulfonamides is 1. The van der Waals surface area contributed by atoms with Crippen LogP contribution in [0.25, 0.3) is 0 Å². The maximum atomic E-state index is 13.3. The fraction of sp³-hybridized carbons (Fsp3) is 0.462. The van der Waals surface area contributed by atoms with Gasteiger partial charge in [-0.3, -0.25) is 5.41 Å². The van der Waals surface area contributed by atoms with Gasteiger partial charge in [0.25, 0.3) is 0 Å². The van der Waals surface area contributed by atoms with Crippen molar-refractivity contribution in [1.82, 2.24) is 4.31 Å². The van der Waals surface area contributed by atoms with Crippen molar-refractivity contribution in [3.63, 3.8) is 0 Å². The highest BCUT2D eigenvalue weighted by atomic mass is 32.2. The van der Waals surface area contributed by atoms with Crippen LogP contribution in [-0.2, 0) is 10.0 Å². The Hall–Kier alpha value is -1.47. The van der Waals surface area contributed by atoms with Gasteiger partial charge in [-0.1, -0.05) is 6.92 Å². The van der Waals surface area contributed by atoms with E-state index in [0.29, 0.717) is 17.5 Å². The van der Waals surface area contributed by atoms with Crippen LogP contribution in [0.15, 0.2) is 17.0 Å². The van der Waals surface area contributed by atoms with Crippen LogP contribution in [0.5, 0.6) is 0 Å². The molecule has 0 radical (unpaired) electrons. The summed E-state index contributed by atoms with van der Waals surface area (Å²) in [5, 5.41) is 7.30. The highest BCUT2D eigenvalue weighted by Gasteiger charge is 2.28. The molecule has 1 aromatic rings. The largest absolute Gasteiger partial charge is 0.387 e. The Labute approximate surface area is 119 Å². The lowest BCUT2D eigenvalue weighted by Gasteiger charge is -2.23. The Balaban J connectivity index is 3.37. The summed E-state index contributed by atoms with van der Waals surface area (Å²) in [7, 11) is -3.79. The highest BCUT2D eigenvalue weighted by molar-refractivity contribution is 7.89. The summed E-state index contributed by atoms with van der Waals surface area (Å²) in [6, 6.07) is 2.38. The van der Waals surface area contributed by atoms with Crippen molar-refractivity contribution in [2.45, 2.75) is 32.1 Å². The Morgan fingerprint density at radius 3 is 2.25 bits per heavy atom. The van der Waals surface area contributed by atoms with Gasteiger partial charge < -0.3 is 5.73 Å². The molecule has 1 aromatic carbocycles. The van der Waals surface area contributed by atoms with Crippen molar-refractivity contribution in [1.29, 1.82) is 5.41 Å². The summed E-state index contributed by atoms with van der Waals surface area (Å²) < 4.78 is 39.8. The van der Waals surface area contributed by atoms with E-state index in [1.54, 1.807) is 13.8 Å². The zero-order chi connectivity index (χ0) is 15.5. The van der Waals surface area contributed by atoms with E-state index in [-0.39, 0.29) is 23.8 Å². The van der Waals surface area contributed by atoms with Crippen molar-refractivity contribution in [2.75, 3.05) is 13.1 Å². The van der Waals surface area contributed by atoms with Gasteiger partial charge >= 0.3 is 0 Å². The SMILES string of the molecule is CCCN(CC(=N)N)S(=O)(=O)c1c(C)cc(F)cc1C. The normalized spacial score (nSPS) is 11.8. The van der Waals surface area contributed by atoms with Gasteiger partial charge in [-0.25, -0.2) is 12.8 Å². The monoisotopic (exact) mass is 301 g/mol. The first-order chi connectivity index (χ1) is 9.20. The Bertz CT molecular complexity index is 591. The molecule has 0 amide bonds. The molecule has 3 N–H and O–H groups in total. The molecule has 0 unspecified atom stereocenters. The second-order valence-corrected chi connectivity index (χ2v) is 6.61. The molecule has 20 heavy (non-hydrogen) atoms. The number of rotatable bonds is 6. The molecule has 1 rings (SSSR count). The minimum Gasteiger partial charge on any atom is -0.387 e. The fourth-order valence-electron chi connectivity index (χ4n) is 2.16. The van der Waals surface area contributed by atoms with Gasteiger partial charge in [-0.2, -0.15) is 4.31 Å². The van der Waals surface area contributed by atoms with E-state index in [2.05, 4.69) is 0 Å². The standard InChI is InChI=1S/C13H20FN3O2S/c1-4-5-17(8-12(15)16)20(18,19)13-9(2)6-11(14)7-10(13)3/h6-7H,4-5,8H2,1-3H3,(H3,15,16). The van der Waals surface area contributed by atoms with E-state index in [4.69, 9.17) is 11.1 Å². The summed E-state index contributed by atoms with van der Waals surface area (Å²) in [6.45, 7) is 5.05. The number of aryl methyl sites for hydroxylation is 2. The molecule has 0 saturated heterocycles. The van der Waals surface area contributed by atoms with E-state index < -0.39 is 15.8 Å². The van der Waals surface area contributed by atoms with Crippen molar-refractivity contribution in [3.05, 3.63) is 29.1 Å². The van der Waals surface area contributed by atoms with Crippen LogP contribution in [0.4, 0.5) is 4.39 Å². The third-order valence-electron chi connectivity index (χ3n) is 2.84. The van der Waals surface area contributed by atoms with Crippen molar-refractivity contribution in [3.8, 4) is 0 Å². The maximum absolute atomic E-state index is 13.3. The minimum absolute atomic E-state index is 0.0913. The van der Waals surface area contributed by atoms with Crippen LogP contribution in [0, 0.1) is 25.1 Å². The van der Waals surface area contributed by atoms with Gasteiger partial charge in [0.1, 0.15) is 11.7 Å². The van der Waals surface area contributed by atoms with E-state index in [1.807, 2.05) is 6.92 Å². The molecule has 0 aliphatic heterocycles. The molecule has 0 heterocycles. The lowest BCUT2D eigenvalue weighted by atomic mass is 10.1. The van der Waals surface area contributed by atoms with Crippen LogP contribution >= 0.6 is 0 Å². The van der Waals surface area contributed by atoms with Gasteiger partial charge in [0.15, 0.2) is 0 Å². The van der Waals surface area contributed by atoms with Crippen LogP contribution in [0.1, 0.15) is 24.5 Å². The van der Waals surface area contributed by atoms with Gasteiger partial charge in [0, 0.05) is 6.54 Å². The topological polar surface area (TPSA) is 87.2 Å². The van der Waals surface area contributed by atoms with Crippen LogP contribution in [0.2, 0.25) is 0 Å². The quantitative estimate of drug-likeness (QED) is 0.620. The van der Waals surface area contributed by atoms with E-state index in [0.717, 1.165) is 4.31 Å². The molecule has 0 saturated carbocycles. The zero-order valence-corrected chi connectivity index (χ0v) is 12.7. The zero-order valence-electron chi connectivity index (χ0n) is 11.9. The molecular formula is C13H20FN3O2S. The average molecular weight is 301 g/mol. The van der Waals surface area contributed by atoms with Crippen molar-refractivity contribution >= 4 is 15.9 Å². The molecule has 5 nitrogen and oxygen atoms in total. The molecule has 112 valence electrons. The summed E-state index contributed by atoms with van der Waals surface area (Å²) in [5.74, 6) is -0.688. The number of nitrogens with zero attached hydrogens (tertiary/aromatic N) is 1. The van der Waals surface area contributed by atoms with Gasteiger partial charge in [-0.15, -0.1) is 0 Å². The first kappa shape index (κ1) is 16.6. The number of nitrogens with two attached hydrogens (primary N) is 1. The molecule has 0 spiro atoms. The highest BCUT2D eigenvalue weighted by Crippen LogP contribution is 2.25. The number of hydrogen-bond donors (Lipinski definition) is 2. The molecule has 0 aliphatic rings. The van der Waals surface area contributed by atoms with Gasteiger partial charge in [-0.05, 0) is 43.5 Å². The number of nitrogens with one attached hydrogen (secondary N) is 1. The Kier molecular flexibility index (Phi) is 5.24. The van der Waals surface area contributed by atoms with Gasteiger partial charge in [0.2, 0.25) is 10.0 Å². The summed E-state index contributed by atoms with van der Waals surface area (Å²) >= 11 is 0. The number of benzene rings is 1. The smallest absolute Gasteiger partial charge is 0.244 e. The molecule has 0 aromatic heterocycles. The van der Waals surface area contributed by atoms with Crippen molar-refractivity contribution < 1.29 is 12.8 Å². The Morgan fingerprint density at radius 1 is 1.35 bits per heavy atom. The molecule has 0 aliphatic carbocycles. The third-order valence-corrected chi connectivity index (χ3v) is 4.99. The van der Waals surface area contributed by atoms with E-state index in [9.17, 15) is 12.8 Å². The fourth-order valence-corrected chi connectivity index (χ4v) is 4.08. The number of halogens is 1. The van der Waals surface area contributed by atoms with Crippen LogP contribution in [0.3, 0.4) is 0 Å². The summed E-state index contributed by atoms with van der Waals surface area (Å²) in [4.78, 5) is 0.0913. The molecule has 0 fully saturated rings. The van der Waals surface area contributed by atoms with Crippen LogP contribution in [-0.4, -0.2) is 31.6 Å². The lowest BCUT2D eigenvalue weighted by molar-refractivity contribution is 0.446. The predicted octanol–water partition coefficient (Wildman–Crippen LogP) is 1.78. The molecule has 0 bridgehead atoms. The lowest BCUT2D eigenvalue weighted by Crippen LogP contribution is -2.39. The average Bonchev–Trinajstić information content (AvgIpc) is 2.25. The first-order valence-corrected chi connectivity index (χ1v) is 7.74.